The van der Waals surface area contributed by atoms with Gasteiger partial charge in [-0.25, -0.2) is 13.8 Å². The number of anilines is 1. The molecule has 0 spiro atoms. The molecule has 3 aromatic rings. The number of carbonyl (C=O) groups is 1. The predicted molar refractivity (Wildman–Crippen MR) is 109 cm³/mol. The molecule has 28 heavy (non-hydrogen) atoms. The van der Waals surface area contributed by atoms with Gasteiger partial charge >= 0.3 is 0 Å². The Bertz CT molecular complexity index is 967. The molecule has 1 amide bonds. The van der Waals surface area contributed by atoms with E-state index in [1.54, 1.807) is 6.92 Å². The third-order valence-electron chi connectivity index (χ3n) is 4.41. The van der Waals surface area contributed by atoms with Crippen molar-refractivity contribution in [1.29, 1.82) is 0 Å². The van der Waals surface area contributed by atoms with Crippen LogP contribution in [-0.4, -0.2) is 20.7 Å². The second kappa shape index (κ2) is 8.73. The second-order valence-corrected chi connectivity index (χ2v) is 8.37. The fourth-order valence-electron chi connectivity index (χ4n) is 2.80. The van der Waals surface area contributed by atoms with Gasteiger partial charge in [-0.1, -0.05) is 43.8 Å². The fraction of sp³-hybridized carbons (Fsp3) is 0.333. The van der Waals surface area contributed by atoms with E-state index in [-0.39, 0.29) is 0 Å². The Morgan fingerprint density at radius 1 is 1.11 bits per heavy atom. The van der Waals surface area contributed by atoms with Crippen molar-refractivity contribution in [1.82, 2.24) is 9.55 Å². The van der Waals surface area contributed by atoms with Crippen molar-refractivity contribution in [2.75, 3.05) is 5.32 Å². The zero-order valence-electron chi connectivity index (χ0n) is 16.1. The average Bonchev–Trinajstić information content (AvgIpc) is 2.99. The highest BCUT2D eigenvalue weighted by molar-refractivity contribution is 8.00. The number of para-hydroxylation sites is 3. The van der Waals surface area contributed by atoms with Crippen LogP contribution in [0.1, 0.15) is 27.2 Å². The molecule has 0 aliphatic heterocycles. The Hall–Kier alpha value is -2.41. The van der Waals surface area contributed by atoms with E-state index >= 15 is 0 Å². The van der Waals surface area contributed by atoms with Gasteiger partial charge in [0.25, 0.3) is 0 Å². The van der Waals surface area contributed by atoms with Gasteiger partial charge in [-0.3, -0.25) is 4.79 Å². The zero-order valence-corrected chi connectivity index (χ0v) is 16.9. The van der Waals surface area contributed by atoms with Crippen LogP contribution in [0.15, 0.2) is 47.6 Å². The summed E-state index contributed by atoms with van der Waals surface area (Å²) in [5.74, 6) is -1.54. The van der Waals surface area contributed by atoms with Crippen LogP contribution in [0, 0.1) is 17.6 Å². The smallest absolute Gasteiger partial charge is 0.237 e. The molecule has 1 heterocycles. The first-order valence-corrected chi connectivity index (χ1v) is 10.1. The molecule has 4 nitrogen and oxygen atoms in total. The molecular weight excluding hydrogens is 380 g/mol. The molecule has 0 saturated carbocycles. The number of nitrogens with zero attached hydrogens (tertiary/aromatic N) is 2. The summed E-state index contributed by atoms with van der Waals surface area (Å²) in [4.78, 5) is 17.2. The molecule has 148 valence electrons. The highest BCUT2D eigenvalue weighted by Crippen LogP contribution is 2.29. The quantitative estimate of drug-likeness (QED) is 0.532. The van der Waals surface area contributed by atoms with Crippen LogP contribution >= 0.6 is 11.8 Å². The Morgan fingerprint density at radius 2 is 1.79 bits per heavy atom. The number of hydrogen-bond donors (Lipinski definition) is 1. The third-order valence-corrected chi connectivity index (χ3v) is 5.50. The van der Waals surface area contributed by atoms with Crippen molar-refractivity contribution >= 4 is 34.4 Å². The summed E-state index contributed by atoms with van der Waals surface area (Å²) >= 11 is 1.28. The summed E-state index contributed by atoms with van der Waals surface area (Å²) < 4.78 is 29.7. The number of nitrogens with one attached hydrogen (secondary N) is 1. The Morgan fingerprint density at radius 3 is 2.46 bits per heavy atom. The molecule has 0 bridgehead atoms. The molecule has 3 rings (SSSR count). The van der Waals surface area contributed by atoms with Crippen molar-refractivity contribution in [2.45, 2.75) is 44.1 Å². The van der Waals surface area contributed by atoms with Gasteiger partial charge in [-0.15, -0.1) is 0 Å². The van der Waals surface area contributed by atoms with Gasteiger partial charge in [0, 0.05) is 6.54 Å². The topological polar surface area (TPSA) is 46.9 Å². The molecular formula is C21H23F2N3OS. The van der Waals surface area contributed by atoms with Crippen LogP contribution < -0.4 is 5.32 Å². The summed E-state index contributed by atoms with van der Waals surface area (Å²) in [6.45, 7) is 6.80. The van der Waals surface area contributed by atoms with Gasteiger partial charge in [-0.2, -0.15) is 0 Å². The SMILES string of the molecule is CC(C)CCn1c(SC(C)C(=O)Nc2c(F)cccc2F)nc2ccccc21. The molecule has 1 N–H and O–H groups in total. The summed E-state index contributed by atoms with van der Waals surface area (Å²) in [6.07, 6.45) is 0.981. The lowest BCUT2D eigenvalue weighted by Crippen LogP contribution is -2.24. The van der Waals surface area contributed by atoms with Crippen LogP contribution in [-0.2, 0) is 11.3 Å². The molecule has 1 unspecified atom stereocenters. The van der Waals surface area contributed by atoms with E-state index in [0.717, 1.165) is 41.3 Å². The maximum atomic E-state index is 13.8. The van der Waals surface area contributed by atoms with E-state index in [9.17, 15) is 13.6 Å². The summed E-state index contributed by atoms with van der Waals surface area (Å²) in [7, 11) is 0. The van der Waals surface area contributed by atoms with E-state index in [1.807, 2.05) is 24.3 Å². The number of fused-ring (bicyclic) bond motifs is 1. The lowest BCUT2D eigenvalue weighted by atomic mass is 10.1. The van der Waals surface area contributed by atoms with Crippen molar-refractivity contribution in [2.24, 2.45) is 5.92 Å². The number of thioether (sulfide) groups is 1. The maximum Gasteiger partial charge on any atom is 0.237 e. The van der Waals surface area contributed by atoms with Gasteiger partial charge in [0.15, 0.2) is 5.16 Å². The standard InChI is InChI=1S/C21H23F2N3OS/c1-13(2)11-12-26-18-10-5-4-9-17(18)24-21(26)28-14(3)20(27)25-19-15(22)7-6-8-16(19)23/h4-10,13-14H,11-12H2,1-3H3,(H,25,27). The van der Waals surface area contributed by atoms with Crippen LogP contribution in [0.4, 0.5) is 14.5 Å². The molecule has 2 aromatic carbocycles. The van der Waals surface area contributed by atoms with Crippen LogP contribution in [0.5, 0.6) is 0 Å². The lowest BCUT2D eigenvalue weighted by molar-refractivity contribution is -0.115. The van der Waals surface area contributed by atoms with Crippen LogP contribution in [0.3, 0.4) is 0 Å². The van der Waals surface area contributed by atoms with Gasteiger partial charge in [0.2, 0.25) is 5.91 Å². The molecule has 7 heteroatoms. The molecule has 0 fully saturated rings. The van der Waals surface area contributed by atoms with Gasteiger partial charge < -0.3 is 9.88 Å². The van der Waals surface area contributed by atoms with E-state index < -0.39 is 28.5 Å². The second-order valence-electron chi connectivity index (χ2n) is 7.06. The minimum Gasteiger partial charge on any atom is -0.320 e. The Kier molecular flexibility index (Phi) is 6.34. The van der Waals surface area contributed by atoms with Gasteiger partial charge in [-0.05, 0) is 43.5 Å². The summed E-state index contributed by atoms with van der Waals surface area (Å²) in [5.41, 5.74) is 1.45. The van der Waals surface area contributed by atoms with Crippen molar-refractivity contribution in [3.63, 3.8) is 0 Å². The molecule has 0 aliphatic rings. The van der Waals surface area contributed by atoms with Crippen molar-refractivity contribution < 1.29 is 13.6 Å². The molecule has 1 atom stereocenters. The van der Waals surface area contributed by atoms with Crippen molar-refractivity contribution in [3.05, 3.63) is 54.1 Å². The van der Waals surface area contributed by atoms with Crippen LogP contribution in [0.2, 0.25) is 0 Å². The van der Waals surface area contributed by atoms with Gasteiger partial charge in [0.05, 0.1) is 16.3 Å². The fourth-order valence-corrected chi connectivity index (χ4v) is 3.75. The number of amides is 1. The number of rotatable bonds is 7. The number of aryl methyl sites for hydroxylation is 1. The lowest BCUT2D eigenvalue weighted by Gasteiger charge is -2.15. The molecule has 1 aromatic heterocycles. The minimum absolute atomic E-state index is 0.423. The van der Waals surface area contributed by atoms with E-state index in [4.69, 9.17) is 0 Å². The average molecular weight is 403 g/mol. The minimum atomic E-state index is -0.797. The van der Waals surface area contributed by atoms with E-state index in [1.165, 1.54) is 17.8 Å². The highest BCUT2D eigenvalue weighted by Gasteiger charge is 2.21. The molecule has 0 radical (unpaired) electrons. The maximum absolute atomic E-state index is 13.8. The van der Waals surface area contributed by atoms with Crippen LogP contribution in [0.25, 0.3) is 11.0 Å². The zero-order chi connectivity index (χ0) is 20.3. The number of carbonyl (C=O) groups excluding carboxylic acids is 1. The number of imidazole rings is 1. The van der Waals surface area contributed by atoms with Gasteiger partial charge in [0.1, 0.15) is 17.3 Å². The predicted octanol–water partition coefficient (Wildman–Crippen LogP) is 5.48. The monoisotopic (exact) mass is 403 g/mol. The number of halogens is 2. The summed E-state index contributed by atoms with van der Waals surface area (Å²) in [5, 5.41) is 2.50. The first kappa shape index (κ1) is 20.3. The van der Waals surface area contributed by atoms with Crippen molar-refractivity contribution in [3.8, 4) is 0 Å². The first-order valence-electron chi connectivity index (χ1n) is 9.23. The molecule has 0 saturated heterocycles. The number of benzene rings is 2. The normalized spacial score (nSPS) is 12.5. The van der Waals surface area contributed by atoms with E-state index in [0.29, 0.717) is 5.92 Å². The Balaban J connectivity index is 1.81. The molecule has 0 aliphatic carbocycles. The Labute approximate surface area is 167 Å². The van der Waals surface area contributed by atoms with E-state index in [2.05, 4.69) is 28.7 Å². The largest absolute Gasteiger partial charge is 0.320 e. The third kappa shape index (κ3) is 4.52. The summed E-state index contributed by atoms with van der Waals surface area (Å²) in [6, 6.07) is 11.3. The number of aromatic nitrogens is 2. The highest BCUT2D eigenvalue weighted by atomic mass is 32.2. The first-order chi connectivity index (χ1) is 13.4. The number of hydrogen-bond acceptors (Lipinski definition) is 3.